The van der Waals surface area contributed by atoms with Gasteiger partial charge in [-0.2, -0.15) is 0 Å². The molecular weight excluding hydrogens is 392 g/mol. The van der Waals surface area contributed by atoms with E-state index in [4.69, 9.17) is 9.47 Å². The first-order chi connectivity index (χ1) is 14.4. The van der Waals surface area contributed by atoms with Crippen molar-refractivity contribution in [2.75, 3.05) is 19.0 Å². The standard InChI is InChI=1S/C20H20N4O6/c1-11(18(26)22-12-7-8-14-15(9-12)24-20(28)23-14)30-17(25)10-21-19(27)13-5-3-4-6-16(13)29-2/h3-9,11H,10H2,1-2H3,(H,21,27)(H,22,26)(H2,23,24,28)/t11-/m0/s1. The van der Waals surface area contributed by atoms with Gasteiger partial charge in [-0.3, -0.25) is 14.4 Å². The maximum atomic E-state index is 12.3. The summed E-state index contributed by atoms with van der Waals surface area (Å²) in [5.41, 5.74) is 1.47. The number of para-hydroxylation sites is 1. The average molecular weight is 412 g/mol. The number of fused-ring (bicyclic) bond motifs is 1. The molecule has 0 saturated heterocycles. The van der Waals surface area contributed by atoms with Crippen molar-refractivity contribution >= 4 is 34.5 Å². The van der Waals surface area contributed by atoms with Crippen molar-refractivity contribution in [2.45, 2.75) is 13.0 Å². The van der Waals surface area contributed by atoms with Gasteiger partial charge >= 0.3 is 11.7 Å². The number of esters is 1. The molecule has 3 aromatic rings. The Labute approximate surface area is 170 Å². The lowest BCUT2D eigenvalue weighted by Gasteiger charge is -2.14. The molecule has 0 saturated carbocycles. The first-order valence-corrected chi connectivity index (χ1v) is 9.01. The van der Waals surface area contributed by atoms with Crippen LogP contribution in [0.5, 0.6) is 5.75 Å². The van der Waals surface area contributed by atoms with Gasteiger partial charge in [-0.1, -0.05) is 12.1 Å². The Hall–Kier alpha value is -4.08. The molecule has 4 N–H and O–H groups in total. The fourth-order valence-corrected chi connectivity index (χ4v) is 2.73. The molecule has 0 aliphatic rings. The molecule has 0 aliphatic carbocycles. The van der Waals surface area contributed by atoms with Crippen LogP contribution in [0.25, 0.3) is 11.0 Å². The fourth-order valence-electron chi connectivity index (χ4n) is 2.73. The molecule has 2 amide bonds. The Morgan fingerprint density at radius 1 is 1.07 bits per heavy atom. The van der Waals surface area contributed by atoms with Gasteiger partial charge in [-0.05, 0) is 37.3 Å². The predicted molar refractivity (Wildman–Crippen MR) is 108 cm³/mol. The Morgan fingerprint density at radius 2 is 1.80 bits per heavy atom. The zero-order chi connectivity index (χ0) is 21.7. The first-order valence-electron chi connectivity index (χ1n) is 9.01. The monoisotopic (exact) mass is 412 g/mol. The molecule has 0 bridgehead atoms. The fraction of sp³-hybridized carbons (Fsp3) is 0.200. The molecule has 1 aromatic heterocycles. The summed E-state index contributed by atoms with van der Waals surface area (Å²) in [5.74, 6) is -1.46. The minimum atomic E-state index is -1.10. The van der Waals surface area contributed by atoms with Gasteiger partial charge < -0.3 is 30.1 Å². The van der Waals surface area contributed by atoms with Crippen molar-refractivity contribution in [3.8, 4) is 5.75 Å². The van der Waals surface area contributed by atoms with Crippen LogP contribution in [0, 0.1) is 0 Å². The van der Waals surface area contributed by atoms with Crippen LogP contribution < -0.4 is 21.1 Å². The molecule has 156 valence electrons. The largest absolute Gasteiger partial charge is 0.496 e. The maximum absolute atomic E-state index is 12.3. The van der Waals surface area contributed by atoms with Crippen LogP contribution in [-0.4, -0.2) is 47.5 Å². The average Bonchev–Trinajstić information content (AvgIpc) is 3.11. The van der Waals surface area contributed by atoms with E-state index in [2.05, 4.69) is 20.6 Å². The number of hydrogen-bond donors (Lipinski definition) is 4. The molecule has 0 aliphatic heterocycles. The van der Waals surface area contributed by atoms with Crippen LogP contribution in [0.1, 0.15) is 17.3 Å². The van der Waals surface area contributed by atoms with Gasteiger partial charge in [-0.15, -0.1) is 0 Å². The summed E-state index contributed by atoms with van der Waals surface area (Å²) in [6.45, 7) is 0.997. The minimum Gasteiger partial charge on any atom is -0.496 e. The maximum Gasteiger partial charge on any atom is 0.326 e. The summed E-state index contributed by atoms with van der Waals surface area (Å²) in [6, 6.07) is 11.4. The molecular formula is C20H20N4O6. The number of hydrogen-bond acceptors (Lipinski definition) is 6. The summed E-state index contributed by atoms with van der Waals surface area (Å²) in [5, 5.41) is 5.03. The van der Waals surface area contributed by atoms with E-state index in [1.807, 2.05) is 0 Å². The highest BCUT2D eigenvalue weighted by molar-refractivity contribution is 5.99. The number of anilines is 1. The lowest BCUT2D eigenvalue weighted by atomic mass is 10.2. The van der Waals surface area contributed by atoms with Crippen molar-refractivity contribution in [1.82, 2.24) is 15.3 Å². The number of aromatic amines is 2. The van der Waals surface area contributed by atoms with Crippen molar-refractivity contribution in [3.05, 3.63) is 58.5 Å². The van der Waals surface area contributed by atoms with E-state index in [9.17, 15) is 19.2 Å². The van der Waals surface area contributed by atoms with Crippen molar-refractivity contribution < 1.29 is 23.9 Å². The van der Waals surface area contributed by atoms with Crippen molar-refractivity contribution in [1.29, 1.82) is 0 Å². The number of carbonyl (C=O) groups excluding carboxylic acids is 3. The third-order valence-corrected chi connectivity index (χ3v) is 4.21. The Kier molecular flexibility index (Phi) is 6.16. The summed E-state index contributed by atoms with van der Waals surface area (Å²) < 4.78 is 10.2. The highest BCUT2D eigenvalue weighted by atomic mass is 16.5. The molecule has 0 radical (unpaired) electrons. The van der Waals surface area contributed by atoms with Gasteiger partial charge in [-0.25, -0.2) is 4.79 Å². The second-order valence-electron chi connectivity index (χ2n) is 6.34. The molecule has 1 atom stereocenters. The van der Waals surface area contributed by atoms with E-state index < -0.39 is 30.4 Å². The predicted octanol–water partition coefficient (Wildman–Crippen LogP) is 1.16. The third kappa shape index (κ3) is 4.85. The van der Waals surface area contributed by atoms with Crippen molar-refractivity contribution in [3.63, 3.8) is 0 Å². The Bertz CT molecular complexity index is 1150. The van der Waals surface area contributed by atoms with E-state index in [1.54, 1.807) is 42.5 Å². The highest BCUT2D eigenvalue weighted by Gasteiger charge is 2.19. The van der Waals surface area contributed by atoms with Crippen molar-refractivity contribution in [2.24, 2.45) is 0 Å². The number of rotatable bonds is 7. The number of nitrogens with one attached hydrogen (secondary N) is 4. The number of imidazole rings is 1. The number of benzene rings is 2. The van der Waals surface area contributed by atoms with Gasteiger partial charge in [0, 0.05) is 5.69 Å². The minimum absolute atomic E-state index is 0.275. The summed E-state index contributed by atoms with van der Waals surface area (Å²) >= 11 is 0. The van der Waals surface area contributed by atoms with E-state index >= 15 is 0 Å². The summed E-state index contributed by atoms with van der Waals surface area (Å²) in [6.07, 6.45) is -1.10. The number of H-pyrrole nitrogens is 2. The molecule has 3 rings (SSSR count). The lowest BCUT2D eigenvalue weighted by molar-refractivity contribution is -0.152. The van der Waals surface area contributed by atoms with Gasteiger partial charge in [0.1, 0.15) is 12.3 Å². The molecule has 0 fully saturated rings. The topological polar surface area (TPSA) is 142 Å². The van der Waals surface area contributed by atoms with Crippen LogP contribution in [0.3, 0.4) is 0 Å². The zero-order valence-electron chi connectivity index (χ0n) is 16.3. The molecule has 0 spiro atoms. The quantitative estimate of drug-likeness (QED) is 0.429. The second-order valence-corrected chi connectivity index (χ2v) is 6.34. The number of aromatic nitrogens is 2. The Balaban J connectivity index is 1.52. The van der Waals surface area contributed by atoms with Crippen LogP contribution >= 0.6 is 0 Å². The molecule has 10 heteroatoms. The normalized spacial score (nSPS) is 11.5. The number of ether oxygens (including phenoxy) is 2. The number of amides is 2. The van der Waals surface area contributed by atoms with Crippen LogP contribution in [0.4, 0.5) is 5.69 Å². The summed E-state index contributed by atoms with van der Waals surface area (Å²) in [4.78, 5) is 52.9. The van der Waals surface area contributed by atoms with E-state index in [1.165, 1.54) is 14.0 Å². The molecule has 30 heavy (non-hydrogen) atoms. The van der Waals surface area contributed by atoms with E-state index in [-0.39, 0.29) is 11.3 Å². The van der Waals surface area contributed by atoms with E-state index in [0.717, 1.165) is 0 Å². The zero-order valence-corrected chi connectivity index (χ0v) is 16.3. The van der Waals surface area contributed by atoms with Gasteiger partial charge in [0.2, 0.25) is 0 Å². The second kappa shape index (κ2) is 8.95. The first kappa shape index (κ1) is 20.6. The smallest absolute Gasteiger partial charge is 0.326 e. The van der Waals surface area contributed by atoms with Gasteiger partial charge in [0.15, 0.2) is 6.10 Å². The van der Waals surface area contributed by atoms with Crippen LogP contribution in [0.2, 0.25) is 0 Å². The number of carbonyl (C=O) groups is 3. The SMILES string of the molecule is COc1ccccc1C(=O)NCC(=O)O[C@@H](C)C(=O)Nc1ccc2[nH]c(=O)[nH]c2c1. The van der Waals surface area contributed by atoms with Crippen LogP contribution in [-0.2, 0) is 14.3 Å². The van der Waals surface area contributed by atoms with E-state index in [0.29, 0.717) is 22.5 Å². The lowest BCUT2D eigenvalue weighted by Crippen LogP contribution is -2.35. The molecule has 2 aromatic carbocycles. The third-order valence-electron chi connectivity index (χ3n) is 4.21. The molecule has 0 unspecified atom stereocenters. The highest BCUT2D eigenvalue weighted by Crippen LogP contribution is 2.17. The summed E-state index contributed by atoms with van der Waals surface area (Å²) in [7, 11) is 1.44. The number of methoxy groups -OCH3 is 1. The van der Waals surface area contributed by atoms with Gasteiger partial charge in [0.05, 0.1) is 23.7 Å². The molecule has 10 nitrogen and oxygen atoms in total. The van der Waals surface area contributed by atoms with Crippen LogP contribution in [0.15, 0.2) is 47.3 Å². The molecule has 1 heterocycles. The Morgan fingerprint density at radius 3 is 2.57 bits per heavy atom. The van der Waals surface area contributed by atoms with Gasteiger partial charge in [0.25, 0.3) is 11.8 Å².